The molecule has 1 N–H and O–H groups in total. The minimum atomic E-state index is 0.686. The minimum absolute atomic E-state index is 0.686. The zero-order valence-corrected chi connectivity index (χ0v) is 9.62. The Hall–Kier alpha value is -1.09. The molecular formula is C12H20N2O. The van der Waals surface area contributed by atoms with Crippen molar-refractivity contribution in [1.29, 1.82) is 0 Å². The predicted molar refractivity (Wildman–Crippen MR) is 62.3 cm³/mol. The number of hydrogen-bond donors (Lipinski definition) is 1. The first-order chi connectivity index (χ1) is 7.36. The largest absolute Gasteiger partial charge is 0.481 e. The summed E-state index contributed by atoms with van der Waals surface area (Å²) in [5.41, 5.74) is 1.28. The highest BCUT2D eigenvalue weighted by atomic mass is 16.5. The van der Waals surface area contributed by atoms with Gasteiger partial charge in [-0.2, -0.15) is 0 Å². The maximum atomic E-state index is 5.01. The molecular weight excluding hydrogens is 188 g/mol. The van der Waals surface area contributed by atoms with Crippen LogP contribution in [0.1, 0.15) is 25.3 Å². The number of aromatic nitrogens is 1. The fourth-order valence-corrected chi connectivity index (χ4v) is 1.44. The van der Waals surface area contributed by atoms with E-state index in [1.807, 2.05) is 12.3 Å². The van der Waals surface area contributed by atoms with Gasteiger partial charge >= 0.3 is 0 Å². The van der Waals surface area contributed by atoms with Crippen molar-refractivity contribution in [3.05, 3.63) is 23.9 Å². The minimum Gasteiger partial charge on any atom is -0.481 e. The first-order valence-electron chi connectivity index (χ1n) is 5.56. The van der Waals surface area contributed by atoms with Crippen LogP contribution in [0.3, 0.4) is 0 Å². The summed E-state index contributed by atoms with van der Waals surface area (Å²) in [5.74, 6) is 0.686. The number of aryl methyl sites for hydroxylation is 1. The summed E-state index contributed by atoms with van der Waals surface area (Å²) in [6, 6.07) is 4.00. The molecule has 0 radical (unpaired) electrons. The van der Waals surface area contributed by atoms with Gasteiger partial charge in [0.2, 0.25) is 5.88 Å². The average Bonchev–Trinajstić information content (AvgIpc) is 2.30. The van der Waals surface area contributed by atoms with Gasteiger partial charge in [0.1, 0.15) is 0 Å². The first-order valence-corrected chi connectivity index (χ1v) is 5.56. The van der Waals surface area contributed by atoms with Gasteiger partial charge in [-0.1, -0.05) is 13.0 Å². The summed E-state index contributed by atoms with van der Waals surface area (Å²) >= 11 is 0. The van der Waals surface area contributed by atoms with Gasteiger partial charge in [0.05, 0.1) is 7.11 Å². The number of unbranched alkanes of at least 4 members (excludes halogenated alkanes) is 1. The SMILES string of the molecule is CCNCCCCc1ccc(OC)nc1. The van der Waals surface area contributed by atoms with Crippen LogP contribution in [0.5, 0.6) is 5.88 Å². The summed E-state index contributed by atoms with van der Waals surface area (Å²) in [6.07, 6.45) is 5.43. The average molecular weight is 208 g/mol. The van der Waals surface area contributed by atoms with Crippen molar-refractivity contribution in [3.8, 4) is 5.88 Å². The van der Waals surface area contributed by atoms with Crippen molar-refractivity contribution < 1.29 is 4.74 Å². The van der Waals surface area contributed by atoms with Gasteiger partial charge in [-0.15, -0.1) is 0 Å². The molecule has 0 amide bonds. The van der Waals surface area contributed by atoms with Crippen molar-refractivity contribution in [3.63, 3.8) is 0 Å². The highest BCUT2D eigenvalue weighted by Crippen LogP contribution is 2.08. The Bertz CT molecular complexity index is 259. The van der Waals surface area contributed by atoms with Gasteiger partial charge in [-0.25, -0.2) is 4.98 Å². The smallest absolute Gasteiger partial charge is 0.212 e. The number of rotatable bonds is 7. The van der Waals surface area contributed by atoms with Gasteiger partial charge in [0, 0.05) is 12.3 Å². The van der Waals surface area contributed by atoms with Crippen molar-refractivity contribution in [2.24, 2.45) is 0 Å². The van der Waals surface area contributed by atoms with E-state index >= 15 is 0 Å². The van der Waals surface area contributed by atoms with Crippen LogP contribution in [0.2, 0.25) is 0 Å². The van der Waals surface area contributed by atoms with E-state index in [1.165, 1.54) is 18.4 Å². The third-order valence-electron chi connectivity index (χ3n) is 2.33. The standard InChI is InChI=1S/C12H20N2O/c1-3-13-9-5-4-6-11-7-8-12(15-2)14-10-11/h7-8,10,13H,3-6,9H2,1-2H3. The van der Waals surface area contributed by atoms with Crippen LogP contribution in [0.4, 0.5) is 0 Å². The summed E-state index contributed by atoms with van der Waals surface area (Å²) < 4.78 is 5.01. The number of nitrogens with one attached hydrogen (secondary N) is 1. The Morgan fingerprint density at radius 2 is 2.20 bits per heavy atom. The molecule has 0 unspecified atom stereocenters. The highest BCUT2D eigenvalue weighted by Gasteiger charge is 1.95. The Morgan fingerprint density at radius 3 is 2.80 bits per heavy atom. The molecule has 0 aliphatic heterocycles. The molecule has 0 aliphatic rings. The van der Waals surface area contributed by atoms with Crippen molar-refractivity contribution in [1.82, 2.24) is 10.3 Å². The molecule has 84 valence electrons. The van der Waals surface area contributed by atoms with E-state index < -0.39 is 0 Å². The summed E-state index contributed by atoms with van der Waals surface area (Å²) in [4.78, 5) is 4.17. The molecule has 1 aromatic rings. The van der Waals surface area contributed by atoms with Gasteiger partial charge in [-0.3, -0.25) is 0 Å². The topological polar surface area (TPSA) is 34.1 Å². The van der Waals surface area contributed by atoms with Gasteiger partial charge in [-0.05, 0) is 37.9 Å². The molecule has 0 atom stereocenters. The molecule has 0 saturated carbocycles. The van der Waals surface area contributed by atoms with Crippen molar-refractivity contribution in [2.75, 3.05) is 20.2 Å². The predicted octanol–water partition coefficient (Wildman–Crippen LogP) is 2.02. The maximum absolute atomic E-state index is 5.01. The molecule has 15 heavy (non-hydrogen) atoms. The van der Waals surface area contributed by atoms with E-state index in [1.54, 1.807) is 7.11 Å². The molecule has 0 fully saturated rings. The molecule has 1 rings (SSSR count). The third kappa shape index (κ3) is 4.79. The second kappa shape index (κ2) is 7.23. The van der Waals surface area contributed by atoms with Gasteiger partial charge < -0.3 is 10.1 Å². The zero-order valence-electron chi connectivity index (χ0n) is 9.62. The lowest BCUT2D eigenvalue weighted by atomic mass is 10.1. The van der Waals surface area contributed by atoms with E-state index in [9.17, 15) is 0 Å². The van der Waals surface area contributed by atoms with Crippen LogP contribution in [-0.2, 0) is 6.42 Å². The monoisotopic (exact) mass is 208 g/mol. The zero-order chi connectivity index (χ0) is 10.9. The molecule has 0 aromatic carbocycles. The normalized spacial score (nSPS) is 10.3. The molecule has 0 saturated heterocycles. The Morgan fingerprint density at radius 1 is 1.33 bits per heavy atom. The van der Waals surface area contributed by atoms with Crippen molar-refractivity contribution in [2.45, 2.75) is 26.2 Å². The van der Waals surface area contributed by atoms with Crippen LogP contribution in [-0.4, -0.2) is 25.2 Å². The maximum Gasteiger partial charge on any atom is 0.212 e. The molecule has 1 aromatic heterocycles. The lowest BCUT2D eigenvalue weighted by molar-refractivity contribution is 0.397. The second-order valence-electron chi connectivity index (χ2n) is 3.52. The third-order valence-corrected chi connectivity index (χ3v) is 2.33. The summed E-state index contributed by atoms with van der Waals surface area (Å²) in [5, 5.41) is 3.32. The Balaban J connectivity index is 2.20. The van der Waals surface area contributed by atoms with E-state index in [4.69, 9.17) is 4.74 Å². The lowest BCUT2D eigenvalue weighted by Gasteiger charge is -2.03. The fraction of sp³-hybridized carbons (Fsp3) is 0.583. The number of nitrogens with zero attached hydrogens (tertiary/aromatic N) is 1. The summed E-state index contributed by atoms with van der Waals surface area (Å²) in [7, 11) is 1.64. The highest BCUT2D eigenvalue weighted by molar-refractivity contribution is 5.17. The van der Waals surface area contributed by atoms with Crippen LogP contribution < -0.4 is 10.1 Å². The van der Waals surface area contributed by atoms with E-state index in [-0.39, 0.29) is 0 Å². The van der Waals surface area contributed by atoms with E-state index in [2.05, 4.69) is 23.3 Å². The number of methoxy groups -OCH3 is 1. The molecule has 1 heterocycles. The van der Waals surface area contributed by atoms with Crippen LogP contribution >= 0.6 is 0 Å². The first kappa shape index (κ1) is 12.0. The van der Waals surface area contributed by atoms with Gasteiger partial charge in [0.25, 0.3) is 0 Å². The van der Waals surface area contributed by atoms with E-state index in [0.29, 0.717) is 5.88 Å². The van der Waals surface area contributed by atoms with Crippen LogP contribution in [0.15, 0.2) is 18.3 Å². The Labute approximate surface area is 91.9 Å². The van der Waals surface area contributed by atoms with E-state index in [0.717, 1.165) is 19.5 Å². The molecule has 0 spiro atoms. The Kier molecular flexibility index (Phi) is 5.78. The number of ether oxygens (including phenoxy) is 1. The quantitative estimate of drug-likeness (QED) is 0.696. The molecule has 3 heteroatoms. The van der Waals surface area contributed by atoms with Crippen molar-refractivity contribution >= 4 is 0 Å². The number of pyridine rings is 1. The fourth-order valence-electron chi connectivity index (χ4n) is 1.44. The van der Waals surface area contributed by atoms with Crippen LogP contribution in [0, 0.1) is 0 Å². The lowest BCUT2D eigenvalue weighted by Crippen LogP contribution is -2.13. The second-order valence-corrected chi connectivity index (χ2v) is 3.52. The van der Waals surface area contributed by atoms with Crippen LogP contribution in [0.25, 0.3) is 0 Å². The molecule has 0 aliphatic carbocycles. The molecule has 3 nitrogen and oxygen atoms in total. The van der Waals surface area contributed by atoms with Gasteiger partial charge in [0.15, 0.2) is 0 Å². The molecule has 0 bridgehead atoms. The summed E-state index contributed by atoms with van der Waals surface area (Å²) in [6.45, 7) is 4.30. The number of hydrogen-bond acceptors (Lipinski definition) is 3.